The lowest BCUT2D eigenvalue weighted by Crippen LogP contribution is -2.40. The highest BCUT2D eigenvalue weighted by molar-refractivity contribution is 6.09. The topological polar surface area (TPSA) is 61.8 Å². The van der Waals surface area contributed by atoms with Gasteiger partial charge >= 0.3 is 11.9 Å². The van der Waals surface area contributed by atoms with Gasteiger partial charge in [-0.15, -0.1) is 0 Å². The molecule has 0 saturated carbocycles. The van der Waals surface area contributed by atoms with Gasteiger partial charge in [0.15, 0.2) is 0 Å². The fourth-order valence-electron chi connectivity index (χ4n) is 4.04. The van der Waals surface area contributed by atoms with Crippen molar-refractivity contribution in [3.63, 3.8) is 0 Å². The van der Waals surface area contributed by atoms with Gasteiger partial charge in [-0.3, -0.25) is 4.79 Å². The lowest BCUT2D eigenvalue weighted by atomic mass is 9.83. The van der Waals surface area contributed by atoms with E-state index in [-0.39, 0.29) is 12.5 Å². The average Bonchev–Trinajstić information content (AvgIpc) is 3.06. The zero-order valence-corrected chi connectivity index (χ0v) is 14.5. The van der Waals surface area contributed by atoms with E-state index >= 15 is 0 Å². The van der Waals surface area contributed by atoms with E-state index in [1.54, 1.807) is 6.92 Å². The number of carbonyl (C=O) groups excluding carboxylic acids is 2. The molecule has 1 saturated heterocycles. The summed E-state index contributed by atoms with van der Waals surface area (Å²) in [6, 6.07) is 9.62. The minimum absolute atomic E-state index is 0.106. The predicted octanol–water partition coefficient (Wildman–Crippen LogP) is 3.32. The molecule has 0 aromatic heterocycles. The minimum atomic E-state index is -1.38. The number of benzene rings is 2. The Bertz CT molecular complexity index is 887. The molecule has 2 aromatic rings. The first kappa shape index (κ1) is 16.1. The second-order valence-electron chi connectivity index (χ2n) is 6.73. The predicted molar refractivity (Wildman–Crippen MR) is 91.0 cm³/mol. The first-order valence-electron chi connectivity index (χ1n) is 8.56. The number of fused-ring (bicyclic) bond motifs is 4. The Labute approximate surface area is 145 Å². The molecule has 2 heterocycles. The molecule has 1 fully saturated rings. The van der Waals surface area contributed by atoms with Crippen LogP contribution < -0.4 is 0 Å². The van der Waals surface area contributed by atoms with Crippen LogP contribution in [-0.4, -0.2) is 25.2 Å². The average molecular weight is 340 g/mol. The van der Waals surface area contributed by atoms with E-state index in [2.05, 4.69) is 0 Å². The summed E-state index contributed by atoms with van der Waals surface area (Å²) in [5.74, 6) is -2.99. The van der Waals surface area contributed by atoms with E-state index in [4.69, 9.17) is 14.2 Å². The van der Waals surface area contributed by atoms with Gasteiger partial charge < -0.3 is 14.2 Å². The quantitative estimate of drug-likeness (QED) is 0.785. The maximum atomic E-state index is 12.7. The lowest BCUT2D eigenvalue weighted by Gasteiger charge is -2.29. The molecule has 4 rings (SSSR count). The van der Waals surface area contributed by atoms with E-state index < -0.39 is 23.6 Å². The van der Waals surface area contributed by atoms with Crippen LogP contribution in [0.15, 0.2) is 30.3 Å². The number of hydrogen-bond donors (Lipinski definition) is 0. The van der Waals surface area contributed by atoms with Crippen molar-refractivity contribution in [3.8, 4) is 0 Å². The SMILES string of the molecule is CCOC(=O)[C@H]1[C@@H](C)CO[C@@]12OC(=O)c1c2ccc2c(C)cccc12. The zero-order chi connectivity index (χ0) is 17.8. The molecule has 25 heavy (non-hydrogen) atoms. The highest BCUT2D eigenvalue weighted by Crippen LogP contribution is 2.52. The second-order valence-corrected chi connectivity index (χ2v) is 6.73. The highest BCUT2D eigenvalue weighted by Gasteiger charge is 2.62. The molecule has 1 spiro atoms. The standard InChI is InChI=1S/C20H20O5/c1-4-23-19(22)17-12(3)10-24-20(17)15-9-8-13-11(2)6-5-7-14(13)16(15)18(21)25-20/h5-9,12,17H,4,10H2,1-3H3/t12-,17+,20-/m0/s1. The molecule has 2 aliphatic rings. The van der Waals surface area contributed by atoms with E-state index in [1.807, 2.05) is 44.2 Å². The highest BCUT2D eigenvalue weighted by atomic mass is 16.7. The van der Waals surface area contributed by atoms with E-state index in [0.29, 0.717) is 17.7 Å². The van der Waals surface area contributed by atoms with Crippen LogP contribution in [0.2, 0.25) is 0 Å². The van der Waals surface area contributed by atoms with Gasteiger partial charge in [0.25, 0.3) is 5.79 Å². The van der Waals surface area contributed by atoms with E-state index in [0.717, 1.165) is 16.3 Å². The van der Waals surface area contributed by atoms with Crippen molar-refractivity contribution in [2.45, 2.75) is 26.6 Å². The number of esters is 2. The Morgan fingerprint density at radius 3 is 2.84 bits per heavy atom. The monoisotopic (exact) mass is 340 g/mol. The third kappa shape index (κ3) is 2.12. The largest absolute Gasteiger partial charge is 0.466 e. The fraction of sp³-hybridized carbons (Fsp3) is 0.400. The molecule has 0 bridgehead atoms. The molecular formula is C20H20O5. The van der Waals surface area contributed by atoms with Gasteiger partial charge in [-0.2, -0.15) is 0 Å². The summed E-state index contributed by atoms with van der Waals surface area (Å²) in [5.41, 5.74) is 2.19. The number of aryl methyl sites for hydroxylation is 1. The van der Waals surface area contributed by atoms with Crippen molar-refractivity contribution in [3.05, 3.63) is 47.0 Å². The second kappa shape index (κ2) is 5.56. The molecule has 2 aliphatic heterocycles. The number of carbonyl (C=O) groups is 2. The normalized spacial score (nSPS) is 27.6. The molecule has 0 unspecified atom stereocenters. The molecule has 130 valence electrons. The van der Waals surface area contributed by atoms with Crippen LogP contribution >= 0.6 is 0 Å². The zero-order valence-electron chi connectivity index (χ0n) is 14.5. The maximum Gasteiger partial charge on any atom is 0.342 e. The van der Waals surface area contributed by atoms with Gasteiger partial charge in [-0.05, 0) is 36.1 Å². The van der Waals surface area contributed by atoms with Crippen molar-refractivity contribution in [2.75, 3.05) is 13.2 Å². The summed E-state index contributed by atoms with van der Waals surface area (Å²) in [6.07, 6.45) is 0. The molecule has 2 aromatic carbocycles. The van der Waals surface area contributed by atoms with Crippen LogP contribution in [0.3, 0.4) is 0 Å². The third-order valence-electron chi connectivity index (χ3n) is 5.18. The molecule has 5 heteroatoms. The maximum absolute atomic E-state index is 12.7. The Morgan fingerprint density at radius 1 is 1.28 bits per heavy atom. The summed E-state index contributed by atoms with van der Waals surface area (Å²) in [5, 5.41) is 1.82. The van der Waals surface area contributed by atoms with Crippen molar-refractivity contribution >= 4 is 22.7 Å². The first-order valence-corrected chi connectivity index (χ1v) is 8.56. The smallest absolute Gasteiger partial charge is 0.342 e. The molecule has 0 aliphatic carbocycles. The molecule has 0 amide bonds. The molecule has 0 N–H and O–H groups in total. The molecule has 0 radical (unpaired) electrons. The minimum Gasteiger partial charge on any atom is -0.466 e. The van der Waals surface area contributed by atoms with Crippen LogP contribution in [0.1, 0.15) is 35.3 Å². The van der Waals surface area contributed by atoms with Crippen LogP contribution in [0.25, 0.3) is 10.8 Å². The fourth-order valence-corrected chi connectivity index (χ4v) is 4.04. The van der Waals surface area contributed by atoms with Crippen molar-refractivity contribution in [1.82, 2.24) is 0 Å². The van der Waals surface area contributed by atoms with Crippen LogP contribution in [0.4, 0.5) is 0 Å². The Kier molecular flexibility index (Phi) is 3.58. The van der Waals surface area contributed by atoms with Gasteiger partial charge in [-0.1, -0.05) is 37.3 Å². The van der Waals surface area contributed by atoms with Gasteiger partial charge in [0.1, 0.15) is 5.92 Å². The molecular weight excluding hydrogens is 320 g/mol. The summed E-state index contributed by atoms with van der Waals surface area (Å²) in [6.45, 7) is 6.28. The summed E-state index contributed by atoms with van der Waals surface area (Å²) in [4.78, 5) is 25.3. The summed E-state index contributed by atoms with van der Waals surface area (Å²) < 4.78 is 16.9. The lowest BCUT2D eigenvalue weighted by molar-refractivity contribution is -0.207. The van der Waals surface area contributed by atoms with Gasteiger partial charge in [0.2, 0.25) is 0 Å². The van der Waals surface area contributed by atoms with Crippen molar-refractivity contribution in [2.24, 2.45) is 11.8 Å². The van der Waals surface area contributed by atoms with E-state index in [9.17, 15) is 9.59 Å². The van der Waals surface area contributed by atoms with Crippen LogP contribution in [-0.2, 0) is 24.8 Å². The molecule has 5 nitrogen and oxygen atoms in total. The van der Waals surface area contributed by atoms with Crippen LogP contribution in [0, 0.1) is 18.8 Å². The Balaban J connectivity index is 1.93. The Morgan fingerprint density at radius 2 is 2.08 bits per heavy atom. The number of hydrogen-bond acceptors (Lipinski definition) is 5. The summed E-state index contributed by atoms with van der Waals surface area (Å²) >= 11 is 0. The first-order chi connectivity index (χ1) is 12.0. The van der Waals surface area contributed by atoms with Crippen LogP contribution in [0.5, 0.6) is 0 Å². The summed E-state index contributed by atoms with van der Waals surface area (Å²) in [7, 11) is 0. The Hall–Kier alpha value is -2.40. The van der Waals surface area contributed by atoms with Gasteiger partial charge in [0, 0.05) is 5.56 Å². The van der Waals surface area contributed by atoms with E-state index in [1.165, 1.54) is 0 Å². The van der Waals surface area contributed by atoms with Gasteiger partial charge in [-0.25, -0.2) is 4.79 Å². The van der Waals surface area contributed by atoms with Crippen molar-refractivity contribution < 1.29 is 23.8 Å². The third-order valence-corrected chi connectivity index (χ3v) is 5.18. The number of rotatable bonds is 2. The van der Waals surface area contributed by atoms with Gasteiger partial charge in [0.05, 0.1) is 18.8 Å². The van der Waals surface area contributed by atoms with Crippen molar-refractivity contribution in [1.29, 1.82) is 0 Å². The number of ether oxygens (including phenoxy) is 3. The molecule has 3 atom stereocenters.